The molecule has 0 saturated carbocycles. The van der Waals surface area contributed by atoms with Crippen molar-refractivity contribution in [3.63, 3.8) is 0 Å². The Labute approximate surface area is 291 Å². The summed E-state index contributed by atoms with van der Waals surface area (Å²) < 4.78 is 88.5. The van der Waals surface area contributed by atoms with Gasteiger partial charge in [0, 0.05) is 5.39 Å². The standard InChI is InChI=1S/C38H38BF6NO5/c1-4-7-21(14-22-11-12-31(47)27-9-6-5-8-26(22)27)10-13-32-33-28(20(2)3)18-29-34(30(33)19-39(50)51-32)36(49)46(35(29)48)25-16-23(37(40,41)42)15-24(17-25)38(43,44)45/h5-6,8-9,11-12,14-17,20,29-30,32,34,47,50H,4,7,10,13,18-19H2,1-3H3/b21-14+/t29-,30+,32-,34-/m1/s1. The van der Waals surface area contributed by atoms with Gasteiger partial charge in [-0.2, -0.15) is 26.3 Å². The van der Waals surface area contributed by atoms with Gasteiger partial charge in [0.25, 0.3) is 0 Å². The molecule has 6 rings (SSSR count). The molecule has 13 heteroatoms. The molecule has 2 N–H and O–H groups in total. The van der Waals surface area contributed by atoms with Crippen molar-refractivity contribution in [2.45, 2.75) is 77.7 Å². The van der Waals surface area contributed by atoms with Gasteiger partial charge in [0.05, 0.1) is 34.8 Å². The van der Waals surface area contributed by atoms with Gasteiger partial charge in [0.15, 0.2) is 0 Å². The highest BCUT2D eigenvalue weighted by molar-refractivity contribution is 6.43. The molecule has 1 aliphatic carbocycles. The number of rotatable bonds is 8. The molecule has 2 saturated heterocycles. The number of nitrogens with zero attached hydrogens (tertiary/aromatic N) is 1. The van der Waals surface area contributed by atoms with Crippen LogP contribution < -0.4 is 4.90 Å². The summed E-state index contributed by atoms with van der Waals surface area (Å²) in [7, 11) is -1.31. The van der Waals surface area contributed by atoms with E-state index in [1.165, 1.54) is 0 Å². The Kier molecular flexibility index (Phi) is 9.93. The minimum absolute atomic E-state index is 0.0388. The molecule has 3 aliphatic rings. The highest BCUT2D eigenvalue weighted by Gasteiger charge is 2.58. The number of phenols is 1. The molecule has 2 aliphatic heterocycles. The third-order valence-corrected chi connectivity index (χ3v) is 10.4. The average Bonchev–Trinajstić information content (AvgIpc) is 3.32. The second-order valence-corrected chi connectivity index (χ2v) is 14.0. The molecule has 2 fully saturated rings. The minimum atomic E-state index is -5.16. The molecule has 0 aromatic heterocycles. The molecule has 3 aromatic rings. The number of fused-ring (bicyclic) bond motifs is 4. The number of allylic oxidation sites excluding steroid dienone is 2. The number of benzene rings is 3. The van der Waals surface area contributed by atoms with Gasteiger partial charge in [0.2, 0.25) is 11.8 Å². The first kappa shape index (κ1) is 36.7. The molecule has 270 valence electrons. The predicted molar refractivity (Wildman–Crippen MR) is 181 cm³/mol. The van der Waals surface area contributed by atoms with E-state index in [2.05, 4.69) is 13.0 Å². The van der Waals surface area contributed by atoms with Gasteiger partial charge >= 0.3 is 19.5 Å². The zero-order valence-corrected chi connectivity index (χ0v) is 28.3. The second kappa shape index (κ2) is 13.8. The number of hydrogen-bond donors (Lipinski definition) is 2. The fraction of sp³-hybridized carbons (Fsp3) is 0.421. The quantitative estimate of drug-likeness (QED) is 0.105. The number of phenolic OH excluding ortho intramolecular Hbond substituents is 1. The van der Waals surface area contributed by atoms with Gasteiger partial charge in [-0.3, -0.25) is 9.59 Å². The lowest BCUT2D eigenvalue weighted by atomic mass is 9.57. The van der Waals surface area contributed by atoms with E-state index >= 15 is 0 Å². The topological polar surface area (TPSA) is 87.1 Å². The summed E-state index contributed by atoms with van der Waals surface area (Å²) in [5.74, 6) is -4.51. The van der Waals surface area contributed by atoms with Crippen LogP contribution in [-0.2, 0) is 26.6 Å². The molecule has 6 nitrogen and oxygen atoms in total. The number of carbonyl (C=O) groups is 2. The maximum atomic E-state index is 14.1. The first-order chi connectivity index (χ1) is 24.0. The molecule has 51 heavy (non-hydrogen) atoms. The normalized spacial score (nSPS) is 23.1. The zero-order chi connectivity index (χ0) is 37.0. The largest absolute Gasteiger partial charge is 0.507 e. The summed E-state index contributed by atoms with van der Waals surface area (Å²) in [6, 6.07) is 11.8. The van der Waals surface area contributed by atoms with E-state index in [1.807, 2.05) is 44.2 Å². The lowest BCUT2D eigenvalue weighted by molar-refractivity contribution is -0.143. The molecule has 0 radical (unpaired) electrons. The molecule has 2 amide bonds. The van der Waals surface area contributed by atoms with Crippen LogP contribution in [0.4, 0.5) is 32.0 Å². The number of alkyl halides is 6. The van der Waals surface area contributed by atoms with Crippen LogP contribution in [-0.4, -0.2) is 35.2 Å². The van der Waals surface area contributed by atoms with Crippen LogP contribution in [0.15, 0.2) is 71.3 Å². The van der Waals surface area contributed by atoms with Gasteiger partial charge in [-0.15, -0.1) is 0 Å². The van der Waals surface area contributed by atoms with Gasteiger partial charge in [-0.1, -0.05) is 74.7 Å². The lowest BCUT2D eigenvalue weighted by Gasteiger charge is -2.44. The molecule has 0 unspecified atom stereocenters. The number of imide groups is 1. The molecule has 0 bridgehead atoms. The maximum Gasteiger partial charge on any atom is 0.455 e. The van der Waals surface area contributed by atoms with E-state index in [1.54, 1.807) is 6.07 Å². The van der Waals surface area contributed by atoms with E-state index < -0.39 is 72.0 Å². The molecule has 2 heterocycles. The summed E-state index contributed by atoms with van der Waals surface area (Å²) >= 11 is 0. The predicted octanol–water partition coefficient (Wildman–Crippen LogP) is 9.20. The Morgan fingerprint density at radius 1 is 0.941 bits per heavy atom. The van der Waals surface area contributed by atoms with E-state index in [0.717, 1.165) is 45.9 Å². The van der Waals surface area contributed by atoms with Crippen molar-refractivity contribution in [3.8, 4) is 5.75 Å². The fourth-order valence-electron chi connectivity index (χ4n) is 8.13. The number of carbonyl (C=O) groups excluding carboxylic acids is 2. The monoisotopic (exact) mass is 713 g/mol. The van der Waals surface area contributed by atoms with Crippen molar-refractivity contribution in [3.05, 3.63) is 88.0 Å². The Balaban J connectivity index is 1.34. The SMILES string of the molecule is CCC/C(=C\c1ccc(O)c2ccccc12)CC[C@H]1OB(O)C[C@H]2C1=C(C(C)C)C[C@H]1C(=O)N(c3cc(C(F)(F)F)cc(C(F)(F)F)c3)C(=O)[C@H]12. The van der Waals surface area contributed by atoms with E-state index in [4.69, 9.17) is 4.65 Å². The Hall–Kier alpha value is -4.10. The third kappa shape index (κ3) is 7.07. The maximum absolute atomic E-state index is 14.1. The second-order valence-electron chi connectivity index (χ2n) is 14.0. The van der Waals surface area contributed by atoms with Crippen LogP contribution in [0.5, 0.6) is 5.75 Å². The van der Waals surface area contributed by atoms with Crippen LogP contribution in [0.1, 0.15) is 69.6 Å². The number of amides is 2. The van der Waals surface area contributed by atoms with Gasteiger partial charge in [0.1, 0.15) is 5.75 Å². The van der Waals surface area contributed by atoms with Crippen molar-refractivity contribution in [2.24, 2.45) is 23.7 Å². The first-order valence-corrected chi connectivity index (χ1v) is 17.1. The molecule has 3 aromatic carbocycles. The van der Waals surface area contributed by atoms with Crippen LogP contribution >= 0.6 is 0 Å². The smallest absolute Gasteiger partial charge is 0.455 e. The number of halogens is 6. The van der Waals surface area contributed by atoms with Crippen molar-refractivity contribution in [2.75, 3.05) is 4.90 Å². The van der Waals surface area contributed by atoms with E-state index in [-0.39, 0.29) is 30.5 Å². The Bertz CT molecular complexity index is 1890. The van der Waals surface area contributed by atoms with Crippen LogP contribution in [0.3, 0.4) is 0 Å². The highest BCUT2D eigenvalue weighted by atomic mass is 19.4. The van der Waals surface area contributed by atoms with E-state index in [0.29, 0.717) is 29.9 Å². The van der Waals surface area contributed by atoms with Crippen LogP contribution in [0, 0.1) is 23.7 Å². The number of anilines is 1. The molecular weight excluding hydrogens is 675 g/mol. The summed E-state index contributed by atoms with van der Waals surface area (Å²) in [6.45, 7) is 5.89. The third-order valence-electron chi connectivity index (χ3n) is 10.4. The van der Waals surface area contributed by atoms with Gasteiger partial charge in [-0.05, 0) is 84.6 Å². The van der Waals surface area contributed by atoms with Crippen molar-refractivity contribution < 1.29 is 50.7 Å². The summed E-state index contributed by atoms with van der Waals surface area (Å²) in [4.78, 5) is 28.4. The van der Waals surface area contributed by atoms with Crippen molar-refractivity contribution in [1.29, 1.82) is 0 Å². The van der Waals surface area contributed by atoms with E-state index in [9.17, 15) is 46.1 Å². The highest BCUT2D eigenvalue weighted by Crippen LogP contribution is 2.53. The number of aromatic hydroxyl groups is 1. The summed E-state index contributed by atoms with van der Waals surface area (Å²) in [6.07, 6.45) is -6.26. The Morgan fingerprint density at radius 2 is 1.59 bits per heavy atom. The Morgan fingerprint density at radius 3 is 2.20 bits per heavy atom. The molecule has 0 spiro atoms. The summed E-state index contributed by atoms with van der Waals surface area (Å²) in [5.41, 5.74) is -0.399. The first-order valence-electron chi connectivity index (χ1n) is 17.1. The molecular formula is C38H38BF6NO5. The van der Waals surface area contributed by atoms with Crippen LogP contribution in [0.2, 0.25) is 6.32 Å². The van der Waals surface area contributed by atoms with Crippen molar-refractivity contribution in [1.82, 2.24) is 0 Å². The minimum Gasteiger partial charge on any atom is -0.507 e. The summed E-state index contributed by atoms with van der Waals surface area (Å²) in [5, 5.41) is 22.9. The van der Waals surface area contributed by atoms with Gasteiger partial charge in [-0.25, -0.2) is 4.90 Å². The fourth-order valence-corrected chi connectivity index (χ4v) is 8.13. The number of hydrogen-bond acceptors (Lipinski definition) is 5. The van der Waals surface area contributed by atoms with Gasteiger partial charge < -0.3 is 14.8 Å². The van der Waals surface area contributed by atoms with Crippen molar-refractivity contribution >= 4 is 41.5 Å². The molecule has 4 atom stereocenters. The lowest BCUT2D eigenvalue weighted by Crippen LogP contribution is -2.46. The van der Waals surface area contributed by atoms with Crippen LogP contribution in [0.25, 0.3) is 16.8 Å². The average molecular weight is 714 g/mol. The zero-order valence-electron chi connectivity index (χ0n) is 28.3.